The van der Waals surface area contributed by atoms with E-state index >= 15 is 0 Å². The standard InChI is InChI=1S/C28H23Cl2NO5/c1-3-4-12-35-19-7-5-6-16(13-19)25-24-26(32)20-14-17(29)8-10-22(20)36-27(24)28(33)31(25)18-9-11-23(34-2)21(30)15-18/h5-11,13-15,25H,3-4,12H2,1-2H3. The number of rotatable bonds is 7. The molecule has 2 heterocycles. The van der Waals surface area contributed by atoms with E-state index in [1.807, 2.05) is 24.3 Å². The SMILES string of the molecule is CCCCOc1cccc(C2c3c(oc4ccc(Cl)cc4c3=O)C(=O)N2c2ccc(OC)c(Cl)c2)c1. The van der Waals surface area contributed by atoms with Crippen molar-refractivity contribution in [2.75, 3.05) is 18.6 Å². The lowest BCUT2D eigenvalue weighted by atomic mass is 9.98. The normalized spacial score (nSPS) is 14.8. The molecule has 0 radical (unpaired) electrons. The fraction of sp³-hybridized carbons (Fsp3) is 0.214. The number of carbonyl (C=O) groups is 1. The van der Waals surface area contributed by atoms with E-state index in [1.54, 1.807) is 36.4 Å². The molecule has 0 fully saturated rings. The van der Waals surface area contributed by atoms with Gasteiger partial charge in [0, 0.05) is 10.7 Å². The molecule has 0 aliphatic carbocycles. The molecule has 5 rings (SSSR count). The molecule has 1 unspecified atom stereocenters. The molecule has 0 N–H and O–H groups in total. The van der Waals surface area contributed by atoms with E-state index < -0.39 is 11.9 Å². The second-order valence-electron chi connectivity index (χ2n) is 8.49. The van der Waals surface area contributed by atoms with Crippen LogP contribution in [0.5, 0.6) is 11.5 Å². The molecule has 1 aliphatic heterocycles. The molecule has 3 aromatic carbocycles. The highest BCUT2D eigenvalue weighted by molar-refractivity contribution is 6.32. The summed E-state index contributed by atoms with van der Waals surface area (Å²) in [4.78, 5) is 29.1. The molecule has 184 valence electrons. The van der Waals surface area contributed by atoms with Gasteiger partial charge >= 0.3 is 0 Å². The Morgan fingerprint density at radius 3 is 2.61 bits per heavy atom. The zero-order valence-corrected chi connectivity index (χ0v) is 21.2. The first-order chi connectivity index (χ1) is 17.4. The van der Waals surface area contributed by atoms with Crippen molar-refractivity contribution in [1.29, 1.82) is 0 Å². The Balaban J connectivity index is 1.72. The van der Waals surface area contributed by atoms with Gasteiger partial charge in [0.05, 0.1) is 35.7 Å². The second-order valence-corrected chi connectivity index (χ2v) is 9.33. The number of benzene rings is 3. The molecule has 4 aromatic rings. The van der Waals surface area contributed by atoms with E-state index in [4.69, 9.17) is 37.1 Å². The van der Waals surface area contributed by atoms with Crippen molar-refractivity contribution in [3.8, 4) is 11.5 Å². The van der Waals surface area contributed by atoms with Crippen molar-refractivity contribution < 1.29 is 18.7 Å². The van der Waals surface area contributed by atoms with Crippen molar-refractivity contribution in [3.05, 3.63) is 97.8 Å². The average Bonchev–Trinajstić information content (AvgIpc) is 3.17. The lowest BCUT2D eigenvalue weighted by Crippen LogP contribution is -2.29. The summed E-state index contributed by atoms with van der Waals surface area (Å²) in [6, 6.07) is 16.5. The molecule has 0 bridgehead atoms. The summed E-state index contributed by atoms with van der Waals surface area (Å²) in [5.41, 5.74) is 1.43. The first-order valence-electron chi connectivity index (χ1n) is 11.6. The van der Waals surface area contributed by atoms with Gasteiger partial charge in [0.25, 0.3) is 5.91 Å². The molecule has 8 heteroatoms. The maximum atomic E-state index is 13.8. The maximum Gasteiger partial charge on any atom is 0.295 e. The minimum atomic E-state index is -0.758. The fourth-order valence-electron chi connectivity index (χ4n) is 4.44. The maximum absolute atomic E-state index is 13.8. The third kappa shape index (κ3) is 4.21. The van der Waals surface area contributed by atoms with Gasteiger partial charge in [-0.05, 0) is 60.5 Å². The molecule has 0 saturated carbocycles. The molecule has 1 aromatic heterocycles. The predicted molar refractivity (Wildman–Crippen MR) is 141 cm³/mol. The Morgan fingerprint density at radius 1 is 1.03 bits per heavy atom. The van der Waals surface area contributed by atoms with Gasteiger partial charge in [-0.2, -0.15) is 0 Å². The number of amides is 1. The van der Waals surface area contributed by atoms with E-state index in [0.29, 0.717) is 50.4 Å². The van der Waals surface area contributed by atoms with E-state index in [1.165, 1.54) is 12.0 Å². The summed E-state index contributed by atoms with van der Waals surface area (Å²) in [6.07, 6.45) is 1.93. The summed E-state index contributed by atoms with van der Waals surface area (Å²) in [5, 5.41) is 1.05. The van der Waals surface area contributed by atoms with Crippen LogP contribution < -0.4 is 19.8 Å². The Bertz CT molecular complexity index is 1530. The van der Waals surface area contributed by atoms with E-state index in [0.717, 1.165) is 12.8 Å². The number of halogens is 2. The highest BCUT2D eigenvalue weighted by atomic mass is 35.5. The molecule has 1 aliphatic rings. The molecule has 0 saturated heterocycles. The van der Waals surface area contributed by atoms with Crippen LogP contribution in [-0.2, 0) is 0 Å². The molecular weight excluding hydrogens is 501 g/mol. The largest absolute Gasteiger partial charge is 0.495 e. The number of unbranched alkanes of at least 4 members (excludes halogenated alkanes) is 1. The number of nitrogens with zero attached hydrogens (tertiary/aromatic N) is 1. The average molecular weight is 524 g/mol. The van der Waals surface area contributed by atoms with Gasteiger partial charge in [-0.25, -0.2) is 0 Å². The van der Waals surface area contributed by atoms with Crippen molar-refractivity contribution in [2.45, 2.75) is 25.8 Å². The zero-order chi connectivity index (χ0) is 25.4. The van der Waals surface area contributed by atoms with Gasteiger partial charge in [-0.3, -0.25) is 14.5 Å². The minimum absolute atomic E-state index is 0.0101. The van der Waals surface area contributed by atoms with Gasteiger partial charge in [0.2, 0.25) is 5.76 Å². The number of hydrogen-bond acceptors (Lipinski definition) is 5. The minimum Gasteiger partial charge on any atom is -0.495 e. The second kappa shape index (κ2) is 9.88. The predicted octanol–water partition coefficient (Wildman–Crippen LogP) is 7.04. The summed E-state index contributed by atoms with van der Waals surface area (Å²) in [6.45, 7) is 2.66. The van der Waals surface area contributed by atoms with Crippen LogP contribution in [-0.4, -0.2) is 19.6 Å². The summed E-state index contributed by atoms with van der Waals surface area (Å²) in [7, 11) is 1.52. The van der Waals surface area contributed by atoms with Crippen molar-refractivity contribution >= 4 is 45.8 Å². The monoisotopic (exact) mass is 523 g/mol. The number of ether oxygens (including phenoxy) is 2. The molecule has 1 amide bonds. The number of hydrogen-bond donors (Lipinski definition) is 0. The topological polar surface area (TPSA) is 69.0 Å². The highest BCUT2D eigenvalue weighted by Gasteiger charge is 2.44. The van der Waals surface area contributed by atoms with Crippen molar-refractivity contribution in [1.82, 2.24) is 0 Å². The third-order valence-corrected chi connectivity index (χ3v) is 6.72. The first kappa shape index (κ1) is 24.2. The van der Waals surface area contributed by atoms with Crippen molar-refractivity contribution in [2.24, 2.45) is 0 Å². The lowest BCUT2D eigenvalue weighted by Gasteiger charge is -2.26. The Morgan fingerprint density at radius 2 is 1.86 bits per heavy atom. The van der Waals surface area contributed by atoms with Gasteiger partial charge in [-0.1, -0.05) is 48.7 Å². The molecule has 6 nitrogen and oxygen atoms in total. The van der Waals surface area contributed by atoms with Crippen LogP contribution >= 0.6 is 23.2 Å². The van der Waals surface area contributed by atoms with Crippen LogP contribution in [0.2, 0.25) is 10.0 Å². The van der Waals surface area contributed by atoms with E-state index in [9.17, 15) is 9.59 Å². The molecule has 0 spiro atoms. The van der Waals surface area contributed by atoms with Crippen molar-refractivity contribution in [3.63, 3.8) is 0 Å². The van der Waals surface area contributed by atoms with Crippen LogP contribution in [0.4, 0.5) is 5.69 Å². The fourth-order valence-corrected chi connectivity index (χ4v) is 4.86. The molecule has 1 atom stereocenters. The number of carbonyl (C=O) groups excluding carboxylic acids is 1. The molecule has 36 heavy (non-hydrogen) atoms. The zero-order valence-electron chi connectivity index (χ0n) is 19.7. The number of anilines is 1. The van der Waals surface area contributed by atoms with Crippen LogP contribution in [0.3, 0.4) is 0 Å². The Hall–Kier alpha value is -3.48. The highest BCUT2D eigenvalue weighted by Crippen LogP contribution is 2.43. The van der Waals surface area contributed by atoms with E-state index in [2.05, 4.69) is 6.92 Å². The van der Waals surface area contributed by atoms with E-state index in [-0.39, 0.29) is 16.8 Å². The van der Waals surface area contributed by atoms with Crippen LogP contribution in [0.15, 0.2) is 69.9 Å². The number of fused-ring (bicyclic) bond motifs is 2. The Kier molecular flexibility index (Phi) is 6.65. The summed E-state index contributed by atoms with van der Waals surface area (Å²) < 4.78 is 17.2. The smallest absolute Gasteiger partial charge is 0.295 e. The quantitative estimate of drug-likeness (QED) is 0.243. The summed E-state index contributed by atoms with van der Waals surface area (Å²) >= 11 is 12.6. The van der Waals surface area contributed by atoms with Crippen LogP contribution in [0.1, 0.15) is 47.5 Å². The van der Waals surface area contributed by atoms with Gasteiger partial charge in [0.15, 0.2) is 5.43 Å². The Labute approximate surface area is 217 Å². The van der Waals surface area contributed by atoms with Crippen LogP contribution in [0.25, 0.3) is 11.0 Å². The van der Waals surface area contributed by atoms with Gasteiger partial charge < -0.3 is 13.9 Å². The van der Waals surface area contributed by atoms with Crippen LogP contribution in [0, 0.1) is 0 Å². The number of methoxy groups -OCH3 is 1. The first-order valence-corrected chi connectivity index (χ1v) is 12.3. The third-order valence-electron chi connectivity index (χ3n) is 6.19. The molecular formula is C28H23Cl2NO5. The van der Waals surface area contributed by atoms with Gasteiger partial charge in [0.1, 0.15) is 17.1 Å². The lowest BCUT2D eigenvalue weighted by molar-refractivity contribution is 0.0971. The van der Waals surface area contributed by atoms with Gasteiger partial charge in [-0.15, -0.1) is 0 Å². The summed E-state index contributed by atoms with van der Waals surface area (Å²) in [5.74, 6) is 0.677.